The highest BCUT2D eigenvalue weighted by molar-refractivity contribution is 6.37. The van der Waals surface area contributed by atoms with E-state index < -0.39 is 0 Å². The lowest BCUT2D eigenvalue weighted by atomic mass is 9.85. The van der Waals surface area contributed by atoms with E-state index >= 15 is 0 Å². The topological polar surface area (TPSA) is 31.2 Å². The third-order valence-corrected chi connectivity index (χ3v) is 6.23. The number of carbonyl (C=O) groups is 1. The highest BCUT2D eigenvalue weighted by Crippen LogP contribution is 2.35. The molecule has 0 radical (unpaired) electrons. The Bertz CT molecular complexity index is 755. The summed E-state index contributed by atoms with van der Waals surface area (Å²) >= 11 is 6.48. The van der Waals surface area contributed by atoms with Crippen LogP contribution in [0.4, 0.5) is 0 Å². The first-order valence-electron chi connectivity index (χ1n) is 9.64. The van der Waals surface area contributed by atoms with Gasteiger partial charge in [-0.1, -0.05) is 49.8 Å². The number of rotatable bonds is 5. The van der Waals surface area contributed by atoms with E-state index in [1.54, 1.807) is 0 Å². The van der Waals surface area contributed by atoms with Crippen molar-refractivity contribution in [3.63, 3.8) is 0 Å². The molecular weight excluding hydrogens is 334 g/mol. The van der Waals surface area contributed by atoms with Gasteiger partial charge in [-0.05, 0) is 30.9 Å². The standard InChI is InChI=1S/C21H26ClNO2/c22-18-7-4-8-19-21(18)17(13-23(19)16-11-12-25-14-16)20(24)10-9-15-5-2-1-3-6-15/h4,7-8,13,15-16H,1-3,5-6,9-12,14H2. The molecule has 1 aliphatic carbocycles. The zero-order valence-electron chi connectivity index (χ0n) is 14.7. The number of fused-ring (bicyclic) bond motifs is 1. The minimum atomic E-state index is 0.237. The van der Waals surface area contributed by atoms with Gasteiger partial charge in [0.1, 0.15) is 0 Å². The van der Waals surface area contributed by atoms with Crippen LogP contribution in [0.5, 0.6) is 0 Å². The summed E-state index contributed by atoms with van der Waals surface area (Å²) < 4.78 is 7.76. The highest BCUT2D eigenvalue weighted by Gasteiger charge is 2.24. The molecule has 2 heterocycles. The lowest BCUT2D eigenvalue weighted by Crippen LogP contribution is -2.09. The average molecular weight is 360 g/mol. The van der Waals surface area contributed by atoms with Crippen LogP contribution in [-0.4, -0.2) is 23.6 Å². The Labute approximate surface area is 154 Å². The predicted molar refractivity (Wildman–Crippen MR) is 102 cm³/mol. The van der Waals surface area contributed by atoms with Gasteiger partial charge >= 0.3 is 0 Å². The highest BCUT2D eigenvalue weighted by atomic mass is 35.5. The molecule has 4 heteroatoms. The van der Waals surface area contributed by atoms with Crippen LogP contribution in [0.15, 0.2) is 24.4 Å². The number of hydrogen-bond donors (Lipinski definition) is 0. The van der Waals surface area contributed by atoms with Crippen molar-refractivity contribution in [2.45, 2.75) is 57.4 Å². The maximum absolute atomic E-state index is 13.0. The second-order valence-electron chi connectivity index (χ2n) is 7.57. The van der Waals surface area contributed by atoms with Crippen LogP contribution in [0.25, 0.3) is 10.9 Å². The van der Waals surface area contributed by atoms with E-state index in [4.69, 9.17) is 16.3 Å². The largest absolute Gasteiger partial charge is 0.379 e. The molecule has 0 N–H and O–H groups in total. The number of hydrogen-bond acceptors (Lipinski definition) is 2. The van der Waals surface area contributed by atoms with E-state index in [2.05, 4.69) is 10.6 Å². The molecule has 2 aromatic rings. The smallest absolute Gasteiger partial charge is 0.165 e. The van der Waals surface area contributed by atoms with Crippen molar-refractivity contribution in [2.75, 3.05) is 13.2 Å². The fourth-order valence-corrected chi connectivity index (χ4v) is 4.74. The van der Waals surface area contributed by atoms with E-state index in [-0.39, 0.29) is 5.78 Å². The Morgan fingerprint density at radius 1 is 1.20 bits per heavy atom. The molecule has 1 aromatic carbocycles. The van der Waals surface area contributed by atoms with Gasteiger partial charge in [0.15, 0.2) is 5.78 Å². The van der Waals surface area contributed by atoms with Crippen LogP contribution in [-0.2, 0) is 4.74 Å². The second kappa shape index (κ2) is 7.51. The minimum Gasteiger partial charge on any atom is -0.379 e. The van der Waals surface area contributed by atoms with Gasteiger partial charge in [0.25, 0.3) is 0 Å². The first-order chi connectivity index (χ1) is 12.2. The predicted octanol–water partition coefficient (Wildman–Crippen LogP) is 5.80. The zero-order valence-corrected chi connectivity index (χ0v) is 15.4. The quantitative estimate of drug-likeness (QED) is 0.632. The third kappa shape index (κ3) is 3.50. The van der Waals surface area contributed by atoms with Crippen LogP contribution in [0.3, 0.4) is 0 Å². The molecule has 25 heavy (non-hydrogen) atoms. The summed E-state index contributed by atoms with van der Waals surface area (Å²) in [6, 6.07) is 6.23. The lowest BCUT2D eigenvalue weighted by Gasteiger charge is -2.20. The van der Waals surface area contributed by atoms with Crippen LogP contribution in [0.2, 0.25) is 5.02 Å². The lowest BCUT2D eigenvalue weighted by molar-refractivity contribution is 0.0971. The van der Waals surface area contributed by atoms with Gasteiger partial charge in [-0.25, -0.2) is 0 Å². The van der Waals surface area contributed by atoms with Crippen molar-refractivity contribution in [2.24, 2.45) is 5.92 Å². The summed E-state index contributed by atoms with van der Waals surface area (Å²) in [6.07, 6.45) is 11.3. The maximum atomic E-state index is 13.0. The summed E-state index contributed by atoms with van der Waals surface area (Å²) in [4.78, 5) is 13.0. The van der Waals surface area contributed by atoms with E-state index in [9.17, 15) is 4.79 Å². The van der Waals surface area contributed by atoms with Crippen LogP contribution in [0, 0.1) is 5.92 Å². The molecule has 1 aliphatic heterocycles. The molecule has 1 saturated carbocycles. The molecule has 4 rings (SSSR count). The van der Waals surface area contributed by atoms with Crippen LogP contribution >= 0.6 is 11.6 Å². The van der Waals surface area contributed by atoms with Crippen molar-refractivity contribution in [3.8, 4) is 0 Å². The van der Waals surface area contributed by atoms with Crippen molar-refractivity contribution < 1.29 is 9.53 Å². The molecule has 1 atom stereocenters. The minimum absolute atomic E-state index is 0.237. The molecule has 1 unspecified atom stereocenters. The molecule has 1 aromatic heterocycles. The van der Waals surface area contributed by atoms with Crippen molar-refractivity contribution in [1.29, 1.82) is 0 Å². The number of benzene rings is 1. The molecule has 0 amide bonds. The van der Waals surface area contributed by atoms with Gasteiger partial charge in [0.05, 0.1) is 23.2 Å². The Balaban J connectivity index is 1.60. The SMILES string of the molecule is O=C(CCC1CCCCC1)c1cn(C2CCOC2)c2cccc(Cl)c12. The molecule has 134 valence electrons. The Hall–Kier alpha value is -1.32. The molecule has 0 spiro atoms. The van der Waals surface area contributed by atoms with Gasteiger partial charge < -0.3 is 9.30 Å². The van der Waals surface area contributed by atoms with Gasteiger partial charge in [0.2, 0.25) is 0 Å². The van der Waals surface area contributed by atoms with Gasteiger partial charge in [-0.15, -0.1) is 0 Å². The third-order valence-electron chi connectivity index (χ3n) is 5.91. The van der Waals surface area contributed by atoms with E-state index in [1.165, 1.54) is 32.1 Å². The number of ether oxygens (including phenoxy) is 1. The van der Waals surface area contributed by atoms with Crippen molar-refractivity contribution >= 4 is 28.3 Å². The molecule has 3 nitrogen and oxygen atoms in total. The van der Waals surface area contributed by atoms with Crippen molar-refractivity contribution in [1.82, 2.24) is 4.57 Å². The average Bonchev–Trinajstić information content (AvgIpc) is 3.28. The van der Waals surface area contributed by atoms with Crippen LogP contribution in [0.1, 0.15) is 67.8 Å². The Morgan fingerprint density at radius 3 is 2.80 bits per heavy atom. The number of halogens is 1. The fraction of sp³-hybridized carbons (Fsp3) is 0.571. The molecular formula is C21H26ClNO2. The number of nitrogens with zero attached hydrogens (tertiary/aromatic N) is 1. The number of Topliss-reactive ketones (excluding diaryl/α,β-unsaturated/α-hetero) is 1. The van der Waals surface area contributed by atoms with Gasteiger partial charge in [-0.3, -0.25) is 4.79 Å². The Kier molecular flexibility index (Phi) is 5.14. The molecule has 2 aliphatic rings. The molecule has 1 saturated heterocycles. The maximum Gasteiger partial charge on any atom is 0.165 e. The van der Waals surface area contributed by atoms with E-state index in [0.29, 0.717) is 24.1 Å². The zero-order chi connectivity index (χ0) is 17.2. The summed E-state index contributed by atoms with van der Waals surface area (Å²) in [5.41, 5.74) is 1.85. The first kappa shape index (κ1) is 17.1. The van der Waals surface area contributed by atoms with E-state index in [0.717, 1.165) is 41.8 Å². The summed E-state index contributed by atoms with van der Waals surface area (Å²) in [5.74, 6) is 0.964. The summed E-state index contributed by atoms with van der Waals surface area (Å²) in [5, 5.41) is 1.60. The summed E-state index contributed by atoms with van der Waals surface area (Å²) in [6.45, 7) is 1.50. The first-order valence-corrected chi connectivity index (χ1v) is 10.0. The number of aromatic nitrogens is 1. The fourth-order valence-electron chi connectivity index (χ4n) is 4.47. The second-order valence-corrected chi connectivity index (χ2v) is 7.97. The summed E-state index contributed by atoms with van der Waals surface area (Å²) in [7, 11) is 0. The normalized spacial score (nSPS) is 21.9. The number of ketones is 1. The molecule has 0 bridgehead atoms. The monoisotopic (exact) mass is 359 g/mol. The van der Waals surface area contributed by atoms with Gasteiger partial charge in [0, 0.05) is 30.2 Å². The Morgan fingerprint density at radius 2 is 2.04 bits per heavy atom. The van der Waals surface area contributed by atoms with Crippen LogP contribution < -0.4 is 0 Å². The van der Waals surface area contributed by atoms with Gasteiger partial charge in [-0.2, -0.15) is 0 Å². The number of carbonyl (C=O) groups excluding carboxylic acids is 1. The molecule has 2 fully saturated rings. The van der Waals surface area contributed by atoms with Crippen molar-refractivity contribution in [3.05, 3.63) is 35.0 Å². The van der Waals surface area contributed by atoms with E-state index in [1.807, 2.05) is 18.3 Å².